The molecule has 0 spiro atoms. The summed E-state index contributed by atoms with van der Waals surface area (Å²) in [6.07, 6.45) is 0. The summed E-state index contributed by atoms with van der Waals surface area (Å²) >= 11 is 0. The van der Waals surface area contributed by atoms with Gasteiger partial charge in [-0.25, -0.2) is 6.57 Å². The van der Waals surface area contributed by atoms with Crippen molar-refractivity contribution in [3.05, 3.63) is 16.8 Å². The summed E-state index contributed by atoms with van der Waals surface area (Å²) in [5.74, 6) is 0. The van der Waals surface area contributed by atoms with Crippen molar-refractivity contribution in [2.75, 3.05) is 0 Å². The van der Waals surface area contributed by atoms with Gasteiger partial charge >= 0.3 is 27.7 Å². The summed E-state index contributed by atoms with van der Waals surface area (Å²) in [6, 6.07) is 0. The standard InChI is InChI=1S/CNO.Hg/c1-2-3;/q-1;+1. The molecule has 0 amide bonds. The predicted molar refractivity (Wildman–Crippen MR) is 9.97 cm³/mol. The van der Waals surface area contributed by atoms with Crippen LogP contribution in [0.5, 0.6) is 0 Å². The van der Waals surface area contributed by atoms with E-state index in [1.165, 1.54) is 5.01 Å². The first-order chi connectivity index (χ1) is 1.41. The molecule has 0 bridgehead atoms. The monoisotopic (exact) mass is 244 g/mol. The molecule has 0 rings (SSSR count). The van der Waals surface area contributed by atoms with Crippen LogP contribution in [0, 0.1) is 11.8 Å². The van der Waals surface area contributed by atoms with Crippen LogP contribution in [0.2, 0.25) is 0 Å². The molecule has 0 N–H and O–H groups in total. The van der Waals surface area contributed by atoms with E-state index in [9.17, 15) is 0 Å². The van der Waals surface area contributed by atoms with Gasteiger partial charge in [0.2, 0.25) is 0 Å². The van der Waals surface area contributed by atoms with Crippen molar-refractivity contribution in [2.45, 2.75) is 0 Å². The SMILES string of the molecule is [C-]#[N+][O-].[Hg+]. The van der Waals surface area contributed by atoms with Gasteiger partial charge in [-0.15, -0.1) is 0 Å². The normalized spacial score (nSPS) is 1.75. The fourth-order valence-electron chi connectivity index (χ4n) is 0. The van der Waals surface area contributed by atoms with Crippen LogP contribution in [-0.2, 0) is 27.7 Å². The van der Waals surface area contributed by atoms with E-state index in [1.54, 1.807) is 0 Å². The number of rotatable bonds is 0. The predicted octanol–water partition coefficient (Wildman–Crippen LogP) is 0.401. The van der Waals surface area contributed by atoms with E-state index in [1.807, 2.05) is 0 Å². The average Bonchev–Trinajstić information content (AvgIpc) is 0.918. The molecule has 1 radical (unpaired) electrons. The molecule has 0 aromatic rings. The van der Waals surface area contributed by atoms with E-state index in [-0.39, 0.29) is 27.7 Å². The molecule has 0 aromatic carbocycles. The Morgan fingerprint density at radius 2 is 1.75 bits per heavy atom. The topological polar surface area (TPSA) is 27.4 Å². The maximum absolute atomic E-state index is 8.22. The third-order valence-electron chi connectivity index (χ3n) is 0. The van der Waals surface area contributed by atoms with Crippen molar-refractivity contribution < 1.29 is 27.7 Å². The number of hydrogen-bond acceptors (Lipinski definition) is 1. The van der Waals surface area contributed by atoms with Gasteiger partial charge in [0.05, 0.1) is 0 Å². The van der Waals surface area contributed by atoms with E-state index < -0.39 is 0 Å². The summed E-state index contributed by atoms with van der Waals surface area (Å²) in [5.41, 5.74) is 0. The smallest absolute Gasteiger partial charge is 0.539 e. The van der Waals surface area contributed by atoms with E-state index in [0.29, 0.717) is 0 Å². The molecule has 0 saturated heterocycles. The van der Waals surface area contributed by atoms with Crippen molar-refractivity contribution in [2.24, 2.45) is 0 Å². The van der Waals surface area contributed by atoms with Crippen molar-refractivity contribution in [1.29, 1.82) is 0 Å². The Bertz CT molecular complexity index is 29.5. The molecule has 0 heterocycles. The van der Waals surface area contributed by atoms with Gasteiger partial charge in [0.15, 0.2) is 0 Å². The van der Waals surface area contributed by atoms with Crippen LogP contribution in [0.15, 0.2) is 0 Å². The first kappa shape index (κ1) is 8.88. The third kappa shape index (κ3) is 65.9. The minimum atomic E-state index is 0. The van der Waals surface area contributed by atoms with Gasteiger partial charge in [0.1, 0.15) is 0 Å². The second kappa shape index (κ2) is 10.6. The zero-order valence-corrected chi connectivity index (χ0v) is 7.56. The van der Waals surface area contributed by atoms with Crippen LogP contribution < -0.4 is 0 Å². The van der Waals surface area contributed by atoms with E-state index in [2.05, 4.69) is 0 Å². The van der Waals surface area contributed by atoms with Crippen molar-refractivity contribution in [3.8, 4) is 0 Å². The first-order valence-corrected chi connectivity index (χ1v) is 0.406. The summed E-state index contributed by atoms with van der Waals surface area (Å²) in [5, 5.41) is 9.72. The van der Waals surface area contributed by atoms with Crippen LogP contribution in [0.25, 0.3) is 5.01 Å². The molecule has 3 heteroatoms. The molecule has 0 unspecified atom stereocenters. The van der Waals surface area contributed by atoms with E-state index in [0.717, 1.165) is 0 Å². The third-order valence-corrected chi connectivity index (χ3v) is 0. The molecule has 0 saturated carbocycles. The Labute approximate surface area is 44.7 Å². The largest absolute Gasteiger partial charge is 1.00 e. The summed E-state index contributed by atoms with van der Waals surface area (Å²) in [7, 11) is 0. The molecule has 4 heavy (non-hydrogen) atoms. The molecule has 0 aliphatic heterocycles. The molecule has 0 atom stereocenters. The second-order valence-electron chi connectivity index (χ2n) is 0.0913. The fourth-order valence-corrected chi connectivity index (χ4v) is 0. The molecule has 0 aromatic heterocycles. The van der Waals surface area contributed by atoms with Crippen LogP contribution in [0.3, 0.4) is 0 Å². The van der Waals surface area contributed by atoms with Gasteiger partial charge in [0, 0.05) is 0 Å². The maximum Gasteiger partial charge on any atom is 1.00 e. The molecular weight excluding hydrogens is 243 g/mol. The Morgan fingerprint density at radius 1 is 1.75 bits per heavy atom. The van der Waals surface area contributed by atoms with Gasteiger partial charge in [0.25, 0.3) is 0 Å². The Morgan fingerprint density at radius 3 is 1.75 bits per heavy atom. The van der Waals surface area contributed by atoms with Crippen molar-refractivity contribution >= 4 is 0 Å². The average molecular weight is 243 g/mol. The van der Waals surface area contributed by atoms with Gasteiger partial charge in [-0.1, -0.05) is 0 Å². The fraction of sp³-hybridized carbons (Fsp3) is 0. The molecule has 0 fully saturated rings. The van der Waals surface area contributed by atoms with Crippen LogP contribution in [-0.4, -0.2) is 0 Å². The Kier molecular flexibility index (Phi) is 23.6. The minimum Gasteiger partial charge on any atom is -0.539 e. The summed E-state index contributed by atoms with van der Waals surface area (Å²) < 4.78 is 0. The number of hydrogen-bond donors (Lipinski definition) is 0. The van der Waals surface area contributed by atoms with E-state index in [4.69, 9.17) is 11.8 Å². The Hall–Kier alpha value is 0.225. The second-order valence-corrected chi connectivity index (χ2v) is 0.0913. The zero-order valence-electron chi connectivity index (χ0n) is 2.06. The van der Waals surface area contributed by atoms with Crippen LogP contribution in [0.1, 0.15) is 0 Å². The molecule has 0 aliphatic rings. The Balaban J connectivity index is 0. The van der Waals surface area contributed by atoms with Crippen LogP contribution >= 0.6 is 0 Å². The molecule has 17 valence electrons. The minimum absolute atomic E-state index is 0. The molecule has 0 aliphatic carbocycles. The van der Waals surface area contributed by atoms with Crippen LogP contribution in [0.4, 0.5) is 0 Å². The quantitative estimate of drug-likeness (QED) is 0.343. The summed E-state index contributed by atoms with van der Waals surface area (Å²) in [6.45, 7) is 5.28. The van der Waals surface area contributed by atoms with Gasteiger partial charge in [-0.2, -0.15) is 0 Å². The molecule has 2 nitrogen and oxygen atoms in total. The van der Waals surface area contributed by atoms with Gasteiger partial charge < -0.3 is 5.21 Å². The zero-order chi connectivity index (χ0) is 2.71. The first-order valence-electron chi connectivity index (χ1n) is 0.406. The maximum atomic E-state index is 8.22. The summed E-state index contributed by atoms with van der Waals surface area (Å²) in [4.78, 5) is 0. The van der Waals surface area contributed by atoms with Crippen molar-refractivity contribution in [1.82, 2.24) is 0 Å². The molecular formula is CHgNO. The van der Waals surface area contributed by atoms with Gasteiger partial charge in [-0.05, 0) is 0 Å². The number of nitrogens with zero attached hydrogens (tertiary/aromatic N) is 1. The van der Waals surface area contributed by atoms with Gasteiger partial charge in [-0.3, -0.25) is 5.01 Å². The van der Waals surface area contributed by atoms with Crippen molar-refractivity contribution in [3.63, 3.8) is 0 Å². The van der Waals surface area contributed by atoms with E-state index >= 15 is 0 Å².